The van der Waals surface area contributed by atoms with Crippen LogP contribution in [-0.2, 0) is 14.3 Å². The van der Waals surface area contributed by atoms with Crippen molar-refractivity contribution in [1.82, 2.24) is 10.2 Å². The quantitative estimate of drug-likeness (QED) is 0.213. The van der Waals surface area contributed by atoms with Gasteiger partial charge in [-0.15, -0.1) is 0 Å². The van der Waals surface area contributed by atoms with Crippen LogP contribution in [0.5, 0.6) is 0 Å². The van der Waals surface area contributed by atoms with Gasteiger partial charge in [0.15, 0.2) is 0 Å². The number of anilines is 1. The molecular weight excluding hydrogens is 562 g/mol. The Morgan fingerprint density at radius 1 is 0.822 bits per heavy atom. The van der Waals surface area contributed by atoms with Gasteiger partial charge in [-0.2, -0.15) is 0 Å². The van der Waals surface area contributed by atoms with E-state index in [1.165, 1.54) is 0 Å². The summed E-state index contributed by atoms with van der Waals surface area (Å²) in [6, 6.07) is 17.7. The Labute approximate surface area is 270 Å². The van der Waals surface area contributed by atoms with E-state index in [4.69, 9.17) is 4.74 Å². The number of hydrogen-bond acceptors (Lipinski definition) is 4. The summed E-state index contributed by atoms with van der Waals surface area (Å²) in [7, 11) is 0. The molecule has 3 rings (SSSR count). The first-order chi connectivity index (χ1) is 21.1. The Morgan fingerprint density at radius 2 is 1.49 bits per heavy atom. The highest BCUT2D eigenvalue weighted by atomic mass is 16.6. The van der Waals surface area contributed by atoms with E-state index < -0.39 is 23.8 Å². The second-order valence-corrected chi connectivity index (χ2v) is 14.2. The average Bonchev–Trinajstić information content (AvgIpc) is 2.93. The summed E-state index contributed by atoms with van der Waals surface area (Å²) >= 11 is 0. The Morgan fingerprint density at radius 3 is 2.09 bits per heavy atom. The first-order valence-electron chi connectivity index (χ1n) is 16.2. The lowest BCUT2D eigenvalue weighted by Crippen LogP contribution is -2.55. The molecular formula is C38H53N3O4. The van der Waals surface area contributed by atoms with Gasteiger partial charge in [0.05, 0.1) is 0 Å². The fourth-order valence-corrected chi connectivity index (χ4v) is 5.66. The number of carbonyl (C=O) groups excluding carboxylic acids is 3. The zero-order valence-corrected chi connectivity index (χ0v) is 28.9. The van der Waals surface area contributed by atoms with Gasteiger partial charge in [0, 0.05) is 11.7 Å². The normalized spacial score (nSPS) is 13.8. The van der Waals surface area contributed by atoms with Gasteiger partial charge in [0.1, 0.15) is 17.7 Å². The van der Waals surface area contributed by atoms with Crippen LogP contribution in [0.2, 0.25) is 0 Å². The van der Waals surface area contributed by atoms with Crippen LogP contribution < -0.4 is 10.6 Å². The molecule has 0 aliphatic rings. The van der Waals surface area contributed by atoms with Crippen LogP contribution >= 0.6 is 0 Å². The Bertz CT molecular complexity index is 1470. The van der Waals surface area contributed by atoms with E-state index in [0.717, 1.165) is 33.9 Å². The van der Waals surface area contributed by atoms with Crippen molar-refractivity contribution < 1.29 is 19.1 Å². The van der Waals surface area contributed by atoms with Crippen LogP contribution in [0.4, 0.5) is 10.5 Å². The van der Waals surface area contributed by atoms with Crippen LogP contribution in [0, 0.1) is 25.7 Å². The molecule has 3 atom stereocenters. The number of hydrogen-bond donors (Lipinski definition) is 2. The lowest BCUT2D eigenvalue weighted by Gasteiger charge is -2.39. The highest BCUT2D eigenvalue weighted by molar-refractivity contribution is 6.00. The van der Waals surface area contributed by atoms with Gasteiger partial charge in [0.2, 0.25) is 5.91 Å². The van der Waals surface area contributed by atoms with Crippen molar-refractivity contribution in [2.75, 3.05) is 5.32 Å². The number of carbonyl (C=O) groups is 3. The minimum Gasteiger partial charge on any atom is -0.444 e. The molecule has 3 unspecified atom stereocenters. The van der Waals surface area contributed by atoms with E-state index in [1.807, 2.05) is 95.3 Å². The molecule has 0 saturated carbocycles. The summed E-state index contributed by atoms with van der Waals surface area (Å²) in [4.78, 5) is 44.0. The molecule has 3 aromatic carbocycles. The number of rotatable bonds is 12. The van der Waals surface area contributed by atoms with Crippen molar-refractivity contribution in [3.63, 3.8) is 0 Å². The molecule has 0 aliphatic heterocycles. The smallest absolute Gasteiger partial charge is 0.408 e. The summed E-state index contributed by atoms with van der Waals surface area (Å²) < 4.78 is 5.56. The third-order valence-corrected chi connectivity index (χ3v) is 7.85. The summed E-state index contributed by atoms with van der Waals surface area (Å²) in [5.41, 5.74) is 2.68. The summed E-state index contributed by atoms with van der Waals surface area (Å²) in [6.07, 6.45) is 1.33. The van der Waals surface area contributed by atoms with Crippen LogP contribution in [0.25, 0.3) is 10.8 Å². The second kappa shape index (κ2) is 15.4. The predicted octanol–water partition coefficient (Wildman–Crippen LogP) is 8.73. The number of alkyl carbamates (subject to hydrolysis) is 1. The largest absolute Gasteiger partial charge is 0.444 e. The third kappa shape index (κ3) is 10.3. The Hall–Kier alpha value is -3.87. The van der Waals surface area contributed by atoms with E-state index in [9.17, 15) is 14.4 Å². The molecule has 2 N–H and O–H groups in total. The third-order valence-electron chi connectivity index (χ3n) is 7.85. The molecule has 7 nitrogen and oxygen atoms in total. The molecule has 0 fully saturated rings. The van der Waals surface area contributed by atoms with E-state index >= 15 is 0 Å². The number of nitrogens with zero attached hydrogens (tertiary/aromatic N) is 1. The van der Waals surface area contributed by atoms with E-state index in [1.54, 1.807) is 25.7 Å². The number of fused-ring (bicyclic) bond motifs is 1. The molecule has 0 heterocycles. The van der Waals surface area contributed by atoms with Crippen LogP contribution in [-0.4, -0.2) is 40.5 Å². The van der Waals surface area contributed by atoms with Crippen molar-refractivity contribution in [1.29, 1.82) is 0 Å². The van der Waals surface area contributed by atoms with Gasteiger partial charge in [-0.25, -0.2) is 4.79 Å². The van der Waals surface area contributed by atoms with Crippen molar-refractivity contribution in [3.8, 4) is 0 Å². The molecule has 45 heavy (non-hydrogen) atoms. The number of benzene rings is 3. The summed E-state index contributed by atoms with van der Waals surface area (Å²) in [5, 5.41) is 8.08. The maximum atomic E-state index is 14.8. The maximum Gasteiger partial charge on any atom is 0.408 e. The summed E-state index contributed by atoms with van der Waals surface area (Å²) in [5.74, 6) is -0.0820. The Kier molecular flexibility index (Phi) is 12.2. The van der Waals surface area contributed by atoms with E-state index in [2.05, 4.69) is 24.5 Å². The SMILES string of the molecule is Cc1ccc(C(C(=O)Nc2ccc3ccccc3c2)N(C(=O)C(CC(C)C)NC(=O)OC(C)(C)C)C(C)CCC(C)C)c(C)c1. The predicted molar refractivity (Wildman–Crippen MR) is 184 cm³/mol. The molecule has 244 valence electrons. The Balaban J connectivity index is 2.13. The van der Waals surface area contributed by atoms with E-state index in [-0.39, 0.29) is 23.8 Å². The maximum absolute atomic E-state index is 14.8. The zero-order valence-electron chi connectivity index (χ0n) is 28.9. The highest BCUT2D eigenvalue weighted by Gasteiger charge is 2.39. The van der Waals surface area contributed by atoms with Crippen LogP contribution in [0.1, 0.15) is 97.4 Å². The minimum atomic E-state index is -0.929. The fourth-order valence-electron chi connectivity index (χ4n) is 5.66. The van der Waals surface area contributed by atoms with Gasteiger partial charge in [-0.1, -0.05) is 81.8 Å². The molecule has 0 aromatic heterocycles. The zero-order chi connectivity index (χ0) is 33.5. The summed E-state index contributed by atoms with van der Waals surface area (Å²) in [6.45, 7) is 19.7. The highest BCUT2D eigenvalue weighted by Crippen LogP contribution is 2.32. The topological polar surface area (TPSA) is 87.7 Å². The fraction of sp³-hybridized carbons (Fsp3) is 0.500. The van der Waals surface area contributed by atoms with Gasteiger partial charge in [-0.05, 0) is 107 Å². The lowest BCUT2D eigenvalue weighted by atomic mass is 9.92. The van der Waals surface area contributed by atoms with Crippen molar-refractivity contribution in [2.45, 2.75) is 112 Å². The van der Waals surface area contributed by atoms with Crippen molar-refractivity contribution >= 4 is 34.4 Å². The van der Waals surface area contributed by atoms with Gasteiger partial charge >= 0.3 is 6.09 Å². The molecule has 0 radical (unpaired) electrons. The van der Waals surface area contributed by atoms with Crippen LogP contribution in [0.15, 0.2) is 60.7 Å². The standard InChI is InChI=1S/C38H53N3O4/c1-24(2)15-17-28(7)41(36(43)33(21-25(3)4)40-37(44)45-38(8,9)10)34(32-20-16-26(5)22-27(32)6)35(42)39-31-19-18-29-13-11-12-14-30(29)23-31/h11-14,16,18-20,22-25,28,33-34H,15,17,21H2,1-10H3,(H,39,42)(H,40,44). The molecule has 0 bridgehead atoms. The van der Waals surface area contributed by atoms with Crippen molar-refractivity contribution in [3.05, 3.63) is 77.4 Å². The lowest BCUT2D eigenvalue weighted by molar-refractivity contribution is -0.144. The van der Waals surface area contributed by atoms with Gasteiger partial charge < -0.3 is 20.3 Å². The van der Waals surface area contributed by atoms with E-state index in [0.29, 0.717) is 24.4 Å². The first kappa shape index (κ1) is 35.6. The number of aryl methyl sites for hydroxylation is 2. The first-order valence-corrected chi connectivity index (χ1v) is 16.2. The van der Waals surface area contributed by atoms with Gasteiger partial charge in [0.25, 0.3) is 5.91 Å². The van der Waals surface area contributed by atoms with Gasteiger partial charge in [-0.3, -0.25) is 9.59 Å². The van der Waals surface area contributed by atoms with Crippen LogP contribution in [0.3, 0.4) is 0 Å². The number of amides is 3. The molecule has 0 spiro atoms. The molecule has 0 aliphatic carbocycles. The number of nitrogens with one attached hydrogen (secondary N) is 2. The molecule has 3 amide bonds. The second-order valence-electron chi connectivity index (χ2n) is 14.2. The van der Waals surface area contributed by atoms with Crippen molar-refractivity contribution in [2.24, 2.45) is 11.8 Å². The monoisotopic (exact) mass is 615 g/mol. The molecule has 7 heteroatoms. The number of ether oxygens (including phenoxy) is 1. The minimum absolute atomic E-state index is 0.104. The molecule has 0 saturated heterocycles. The average molecular weight is 616 g/mol. The molecule has 3 aromatic rings.